The molecule has 1 rings (SSSR count). The quantitative estimate of drug-likeness (QED) is 0.389. The van der Waals surface area contributed by atoms with Gasteiger partial charge in [-0.3, -0.25) is 10.1 Å². The van der Waals surface area contributed by atoms with E-state index < -0.39 is 23.5 Å². The fraction of sp³-hybridized carbons (Fsp3) is 0.143. The van der Waals surface area contributed by atoms with Crippen LogP contribution in [0.4, 0.5) is 10.1 Å². The van der Waals surface area contributed by atoms with Crippen molar-refractivity contribution in [1.29, 1.82) is 0 Å². The summed E-state index contributed by atoms with van der Waals surface area (Å²) < 4.78 is 13.1. The molecule has 0 aromatic heterocycles. The van der Waals surface area contributed by atoms with E-state index in [0.29, 0.717) is 0 Å². The Labute approximate surface area is 79.1 Å². The smallest absolute Gasteiger partial charge is 0.423 e. The van der Waals surface area contributed by atoms with Crippen LogP contribution in [0, 0.1) is 22.9 Å². The molecule has 7 heteroatoms. The number of rotatable bonds is 2. The molecule has 0 bridgehead atoms. The lowest BCUT2D eigenvalue weighted by Crippen LogP contribution is -2.30. The van der Waals surface area contributed by atoms with Gasteiger partial charge in [-0.2, -0.15) is 4.39 Å². The zero-order valence-electron chi connectivity index (χ0n) is 7.27. The van der Waals surface area contributed by atoms with E-state index >= 15 is 0 Å². The third-order valence-corrected chi connectivity index (χ3v) is 1.76. The van der Waals surface area contributed by atoms with Crippen LogP contribution < -0.4 is 5.46 Å². The van der Waals surface area contributed by atoms with E-state index in [2.05, 4.69) is 0 Å². The van der Waals surface area contributed by atoms with Crippen LogP contribution in [-0.2, 0) is 0 Å². The summed E-state index contributed by atoms with van der Waals surface area (Å²) in [6, 6.07) is 1.89. The predicted molar refractivity (Wildman–Crippen MR) is 47.6 cm³/mol. The zero-order chi connectivity index (χ0) is 10.9. The van der Waals surface area contributed by atoms with E-state index in [0.717, 1.165) is 12.1 Å². The first-order chi connectivity index (χ1) is 6.43. The molecule has 0 spiro atoms. The van der Waals surface area contributed by atoms with Crippen LogP contribution in [0.15, 0.2) is 12.1 Å². The molecule has 1 aromatic carbocycles. The fourth-order valence-corrected chi connectivity index (χ4v) is 1.14. The maximum atomic E-state index is 13.1. The number of nitrogens with zero attached hydrogens (tertiary/aromatic N) is 1. The molecule has 0 aliphatic carbocycles. The van der Waals surface area contributed by atoms with Crippen molar-refractivity contribution in [2.75, 3.05) is 0 Å². The second kappa shape index (κ2) is 3.73. The van der Waals surface area contributed by atoms with E-state index in [-0.39, 0.29) is 11.0 Å². The molecule has 0 saturated carbocycles. The van der Waals surface area contributed by atoms with Gasteiger partial charge in [0.1, 0.15) is 0 Å². The van der Waals surface area contributed by atoms with Gasteiger partial charge in [0.2, 0.25) is 0 Å². The second-order valence-corrected chi connectivity index (χ2v) is 2.80. The molecule has 0 saturated heterocycles. The van der Waals surface area contributed by atoms with Gasteiger partial charge >= 0.3 is 12.8 Å². The number of nitro benzene ring substituents is 1. The first-order valence-corrected chi connectivity index (χ1v) is 3.74. The zero-order valence-corrected chi connectivity index (χ0v) is 7.27. The summed E-state index contributed by atoms with van der Waals surface area (Å²) in [7, 11) is -1.83. The van der Waals surface area contributed by atoms with Crippen LogP contribution in [0.25, 0.3) is 0 Å². The molecule has 0 amide bonds. The second-order valence-electron chi connectivity index (χ2n) is 2.80. The van der Waals surface area contributed by atoms with Crippen LogP contribution in [0.2, 0.25) is 0 Å². The van der Waals surface area contributed by atoms with E-state index in [1.54, 1.807) is 0 Å². The summed E-state index contributed by atoms with van der Waals surface area (Å²) in [6.07, 6.45) is 0. The largest absolute Gasteiger partial charge is 0.488 e. The number of aryl methyl sites for hydroxylation is 1. The molecule has 5 nitrogen and oxygen atoms in total. The van der Waals surface area contributed by atoms with E-state index in [4.69, 9.17) is 10.0 Å². The van der Waals surface area contributed by atoms with Crippen molar-refractivity contribution in [3.8, 4) is 0 Å². The average molecular weight is 199 g/mol. The minimum atomic E-state index is -1.83. The number of hydrogen-bond acceptors (Lipinski definition) is 4. The van der Waals surface area contributed by atoms with Crippen molar-refractivity contribution < 1.29 is 19.4 Å². The first-order valence-electron chi connectivity index (χ1n) is 3.74. The van der Waals surface area contributed by atoms with Crippen molar-refractivity contribution in [2.45, 2.75) is 6.92 Å². The van der Waals surface area contributed by atoms with Gasteiger partial charge in [0.25, 0.3) is 0 Å². The van der Waals surface area contributed by atoms with Gasteiger partial charge in [-0.05, 0) is 18.5 Å². The van der Waals surface area contributed by atoms with Crippen molar-refractivity contribution in [3.63, 3.8) is 0 Å². The van der Waals surface area contributed by atoms with Gasteiger partial charge in [-0.1, -0.05) is 6.07 Å². The first kappa shape index (κ1) is 10.6. The van der Waals surface area contributed by atoms with Gasteiger partial charge in [-0.15, -0.1) is 0 Å². The SMILES string of the molecule is Cc1cc(B(O)O)cc(F)c1[N+](=O)[O-]. The molecular weight excluding hydrogens is 192 g/mol. The fourth-order valence-electron chi connectivity index (χ4n) is 1.14. The van der Waals surface area contributed by atoms with Crippen molar-refractivity contribution >= 4 is 18.3 Å². The number of hydrogen-bond donors (Lipinski definition) is 2. The summed E-state index contributed by atoms with van der Waals surface area (Å²) in [4.78, 5) is 9.52. The Kier molecular flexibility index (Phi) is 2.83. The van der Waals surface area contributed by atoms with Crippen LogP contribution >= 0.6 is 0 Å². The lowest BCUT2D eigenvalue weighted by atomic mass is 9.79. The van der Waals surface area contributed by atoms with Crippen molar-refractivity contribution in [1.82, 2.24) is 0 Å². The molecule has 14 heavy (non-hydrogen) atoms. The van der Waals surface area contributed by atoms with Crippen molar-refractivity contribution in [2.24, 2.45) is 0 Å². The predicted octanol–water partition coefficient (Wildman–Crippen LogP) is -0.278. The molecular formula is C7H7BFNO4. The third kappa shape index (κ3) is 1.89. The molecule has 2 N–H and O–H groups in total. The summed E-state index contributed by atoms with van der Waals surface area (Å²) in [6.45, 7) is 1.33. The third-order valence-electron chi connectivity index (χ3n) is 1.76. The Bertz CT molecular complexity index is 359. The Morgan fingerprint density at radius 2 is 2.07 bits per heavy atom. The van der Waals surface area contributed by atoms with Crippen LogP contribution in [0.3, 0.4) is 0 Å². The topological polar surface area (TPSA) is 83.6 Å². The summed E-state index contributed by atoms with van der Waals surface area (Å²) in [5.74, 6) is -1.07. The lowest BCUT2D eigenvalue weighted by Gasteiger charge is -2.02. The Morgan fingerprint density at radius 3 is 2.43 bits per heavy atom. The minimum absolute atomic E-state index is 0.0538. The van der Waals surface area contributed by atoms with E-state index in [1.807, 2.05) is 0 Å². The molecule has 1 aromatic rings. The van der Waals surface area contributed by atoms with Gasteiger partial charge < -0.3 is 10.0 Å². The molecule has 74 valence electrons. The van der Waals surface area contributed by atoms with Crippen LogP contribution in [-0.4, -0.2) is 22.1 Å². The molecule has 0 unspecified atom stereocenters. The molecule has 0 aliphatic rings. The highest BCUT2D eigenvalue weighted by Crippen LogP contribution is 2.20. The average Bonchev–Trinajstić information content (AvgIpc) is 2.01. The maximum Gasteiger partial charge on any atom is 0.488 e. The van der Waals surface area contributed by atoms with Crippen molar-refractivity contribution in [3.05, 3.63) is 33.6 Å². The summed E-state index contributed by atoms with van der Waals surface area (Å²) in [5.41, 5.74) is -0.696. The van der Waals surface area contributed by atoms with Gasteiger partial charge in [0.05, 0.1) is 4.92 Å². The Hall–Kier alpha value is -1.47. The lowest BCUT2D eigenvalue weighted by molar-refractivity contribution is -0.388. The number of halogens is 1. The molecule has 0 atom stereocenters. The monoisotopic (exact) mass is 199 g/mol. The molecule has 0 aliphatic heterocycles. The summed E-state index contributed by atoms with van der Waals surface area (Å²) >= 11 is 0. The molecule has 0 fully saturated rings. The van der Waals surface area contributed by atoms with Gasteiger partial charge in [0, 0.05) is 5.56 Å². The van der Waals surface area contributed by atoms with Gasteiger partial charge in [-0.25, -0.2) is 0 Å². The summed E-state index contributed by atoms with van der Waals surface area (Å²) in [5, 5.41) is 27.8. The number of nitro groups is 1. The van der Waals surface area contributed by atoms with E-state index in [1.165, 1.54) is 6.92 Å². The number of benzene rings is 1. The highest BCUT2D eigenvalue weighted by Gasteiger charge is 2.22. The molecule has 0 radical (unpaired) electrons. The van der Waals surface area contributed by atoms with Gasteiger partial charge in [0.15, 0.2) is 5.82 Å². The Balaban J connectivity index is 3.32. The van der Waals surface area contributed by atoms with Crippen LogP contribution in [0.5, 0.6) is 0 Å². The van der Waals surface area contributed by atoms with E-state index in [9.17, 15) is 14.5 Å². The molecule has 0 heterocycles. The maximum absolute atomic E-state index is 13.1. The normalized spacial score (nSPS) is 10.0. The van der Waals surface area contributed by atoms with Crippen LogP contribution in [0.1, 0.15) is 5.56 Å². The standard InChI is InChI=1S/C7H7BFNO4/c1-4-2-5(8(11)12)3-6(9)7(4)10(13)14/h2-3,11-12H,1H3. The highest BCUT2D eigenvalue weighted by molar-refractivity contribution is 6.58. The highest BCUT2D eigenvalue weighted by atomic mass is 19.1. The Morgan fingerprint density at radius 1 is 1.50 bits per heavy atom. The minimum Gasteiger partial charge on any atom is -0.423 e.